The normalized spacial score (nSPS) is 17.4. The highest BCUT2D eigenvalue weighted by atomic mass is 32.1. The number of hydrogen-bond acceptors (Lipinski definition) is 3. The third kappa shape index (κ3) is 3.84. The molecule has 0 saturated carbocycles. The molecule has 1 aromatic heterocycles. The van der Waals surface area contributed by atoms with Crippen molar-refractivity contribution in [2.75, 3.05) is 19.7 Å². The maximum Gasteiger partial charge on any atom is 0.0540 e. The van der Waals surface area contributed by atoms with E-state index in [4.69, 9.17) is 5.11 Å². The molecule has 2 nitrogen and oxygen atoms in total. The van der Waals surface area contributed by atoms with Crippen molar-refractivity contribution in [3.05, 3.63) is 21.9 Å². The zero-order valence-corrected chi connectivity index (χ0v) is 11.8. The first kappa shape index (κ1) is 13.6. The molecule has 2 rings (SSSR count). The van der Waals surface area contributed by atoms with Crippen molar-refractivity contribution >= 4 is 11.3 Å². The summed E-state index contributed by atoms with van der Waals surface area (Å²) in [5, 5.41) is 10.9. The van der Waals surface area contributed by atoms with Gasteiger partial charge in [-0.15, -0.1) is 11.3 Å². The topological polar surface area (TPSA) is 23.5 Å². The number of nitrogens with zero attached hydrogens (tertiary/aromatic N) is 1. The fraction of sp³-hybridized carbons (Fsp3) is 0.600. The summed E-state index contributed by atoms with van der Waals surface area (Å²) in [6.07, 6.45) is 3.20. The highest BCUT2D eigenvalue weighted by Crippen LogP contribution is 2.22. The van der Waals surface area contributed by atoms with Crippen LogP contribution in [0, 0.1) is 17.8 Å². The Kier molecular flexibility index (Phi) is 5.25. The summed E-state index contributed by atoms with van der Waals surface area (Å²) in [5.41, 5.74) is 1.15. The average molecular weight is 263 g/mol. The van der Waals surface area contributed by atoms with Gasteiger partial charge >= 0.3 is 0 Å². The number of likely N-dealkylation sites (tertiary alicyclic amines) is 1. The predicted molar refractivity (Wildman–Crippen MR) is 76.6 cm³/mol. The molecule has 1 fully saturated rings. The van der Waals surface area contributed by atoms with Crippen molar-refractivity contribution < 1.29 is 5.11 Å². The molecule has 0 aliphatic carbocycles. The van der Waals surface area contributed by atoms with E-state index < -0.39 is 0 Å². The monoisotopic (exact) mass is 263 g/mol. The van der Waals surface area contributed by atoms with Crippen LogP contribution in [0.15, 0.2) is 11.4 Å². The van der Waals surface area contributed by atoms with E-state index in [0.29, 0.717) is 6.42 Å². The Bertz CT molecular complexity index is 421. The molecule has 0 unspecified atom stereocenters. The van der Waals surface area contributed by atoms with Gasteiger partial charge in [0.2, 0.25) is 0 Å². The number of piperidine rings is 1. The third-order valence-corrected chi connectivity index (χ3v) is 4.35. The van der Waals surface area contributed by atoms with Crippen LogP contribution in [0.5, 0.6) is 0 Å². The standard InChI is InChI=1S/C15H21NOS/c1-13-5-8-16(9-6-13)12-15-14(7-11-18-15)4-2-3-10-17/h7,11,13,17H,3,5-6,8-10,12H2,1H3. The van der Waals surface area contributed by atoms with Gasteiger partial charge in [-0.2, -0.15) is 0 Å². The summed E-state index contributed by atoms with van der Waals surface area (Å²) in [6, 6.07) is 2.09. The lowest BCUT2D eigenvalue weighted by Crippen LogP contribution is -2.32. The second kappa shape index (κ2) is 6.94. The highest BCUT2D eigenvalue weighted by Gasteiger charge is 2.16. The summed E-state index contributed by atoms with van der Waals surface area (Å²) in [4.78, 5) is 3.90. The van der Waals surface area contributed by atoms with Gasteiger partial charge in [-0.1, -0.05) is 18.8 Å². The van der Waals surface area contributed by atoms with E-state index in [0.717, 1.165) is 18.0 Å². The van der Waals surface area contributed by atoms with Crippen LogP contribution < -0.4 is 0 Å². The van der Waals surface area contributed by atoms with Crippen LogP contribution in [-0.4, -0.2) is 29.7 Å². The minimum atomic E-state index is 0.149. The number of aliphatic hydroxyl groups excluding tert-OH is 1. The van der Waals surface area contributed by atoms with Crippen LogP contribution in [0.4, 0.5) is 0 Å². The van der Waals surface area contributed by atoms with E-state index in [-0.39, 0.29) is 6.61 Å². The molecular weight excluding hydrogens is 242 g/mol. The fourth-order valence-corrected chi connectivity index (χ4v) is 3.08. The van der Waals surface area contributed by atoms with Crippen LogP contribution in [0.2, 0.25) is 0 Å². The van der Waals surface area contributed by atoms with Gasteiger partial charge in [0.05, 0.1) is 6.61 Å². The smallest absolute Gasteiger partial charge is 0.0540 e. The Morgan fingerprint density at radius 2 is 2.22 bits per heavy atom. The molecule has 1 aliphatic heterocycles. The Morgan fingerprint density at radius 3 is 2.94 bits per heavy atom. The first-order valence-corrected chi connectivity index (χ1v) is 7.56. The maximum atomic E-state index is 8.74. The van der Waals surface area contributed by atoms with Gasteiger partial charge in [0, 0.05) is 23.4 Å². The second-order valence-electron chi connectivity index (χ2n) is 4.99. The Hall–Kier alpha value is -0.820. The lowest BCUT2D eigenvalue weighted by Gasteiger charge is -2.29. The summed E-state index contributed by atoms with van der Waals surface area (Å²) in [7, 11) is 0. The van der Waals surface area contributed by atoms with Crippen LogP contribution in [0.25, 0.3) is 0 Å². The average Bonchev–Trinajstić information content (AvgIpc) is 2.80. The maximum absolute atomic E-state index is 8.74. The summed E-state index contributed by atoms with van der Waals surface area (Å²) >= 11 is 1.80. The number of thiophene rings is 1. The fourth-order valence-electron chi connectivity index (χ4n) is 2.21. The minimum absolute atomic E-state index is 0.149. The molecule has 1 saturated heterocycles. The van der Waals surface area contributed by atoms with E-state index in [1.807, 2.05) is 0 Å². The molecule has 1 N–H and O–H groups in total. The summed E-state index contributed by atoms with van der Waals surface area (Å²) in [6.45, 7) is 5.95. The summed E-state index contributed by atoms with van der Waals surface area (Å²) < 4.78 is 0. The molecule has 0 radical (unpaired) electrons. The Morgan fingerprint density at radius 1 is 1.44 bits per heavy atom. The van der Waals surface area contributed by atoms with Crippen LogP contribution in [0.1, 0.15) is 36.6 Å². The minimum Gasteiger partial charge on any atom is -0.395 e. The van der Waals surface area contributed by atoms with Gasteiger partial charge in [0.25, 0.3) is 0 Å². The Balaban J connectivity index is 1.93. The van der Waals surface area contributed by atoms with Crippen molar-refractivity contribution in [1.29, 1.82) is 0 Å². The molecular formula is C15H21NOS. The van der Waals surface area contributed by atoms with Gasteiger partial charge < -0.3 is 5.11 Å². The third-order valence-electron chi connectivity index (χ3n) is 3.45. The van der Waals surface area contributed by atoms with Crippen molar-refractivity contribution in [1.82, 2.24) is 4.90 Å². The Labute approximate surface area is 114 Å². The lowest BCUT2D eigenvalue weighted by molar-refractivity contribution is 0.186. The predicted octanol–water partition coefficient (Wildman–Crippen LogP) is 2.71. The molecule has 98 valence electrons. The molecule has 0 bridgehead atoms. The van der Waals surface area contributed by atoms with Gasteiger partial charge in [-0.05, 0) is 43.3 Å². The first-order chi connectivity index (χ1) is 8.79. The van der Waals surface area contributed by atoms with Gasteiger partial charge in [0.1, 0.15) is 0 Å². The second-order valence-corrected chi connectivity index (χ2v) is 5.99. The van der Waals surface area contributed by atoms with Crippen molar-refractivity contribution in [2.45, 2.75) is 32.7 Å². The SMILES string of the molecule is CC1CCN(Cc2sccc2C#CCCO)CC1. The quantitative estimate of drug-likeness (QED) is 0.848. The molecule has 0 spiro atoms. The van der Waals surface area contributed by atoms with E-state index in [2.05, 4.69) is 35.1 Å². The molecule has 2 heterocycles. The van der Waals surface area contributed by atoms with Gasteiger partial charge in [-0.3, -0.25) is 4.90 Å². The molecule has 0 aromatic carbocycles. The zero-order valence-electron chi connectivity index (χ0n) is 11.0. The lowest BCUT2D eigenvalue weighted by atomic mass is 9.99. The zero-order chi connectivity index (χ0) is 12.8. The van der Waals surface area contributed by atoms with Crippen LogP contribution in [0.3, 0.4) is 0 Å². The molecule has 3 heteroatoms. The van der Waals surface area contributed by atoms with E-state index in [1.54, 1.807) is 11.3 Å². The highest BCUT2D eigenvalue weighted by molar-refractivity contribution is 7.10. The van der Waals surface area contributed by atoms with Gasteiger partial charge in [-0.25, -0.2) is 0 Å². The van der Waals surface area contributed by atoms with Crippen molar-refractivity contribution in [2.24, 2.45) is 5.92 Å². The molecule has 18 heavy (non-hydrogen) atoms. The first-order valence-electron chi connectivity index (χ1n) is 6.68. The van der Waals surface area contributed by atoms with Crippen molar-refractivity contribution in [3.63, 3.8) is 0 Å². The molecule has 1 aliphatic rings. The molecule has 0 amide bonds. The van der Waals surface area contributed by atoms with E-state index >= 15 is 0 Å². The molecule has 0 atom stereocenters. The summed E-state index contributed by atoms with van der Waals surface area (Å²) in [5.74, 6) is 7.06. The number of rotatable bonds is 3. The van der Waals surface area contributed by atoms with E-state index in [1.165, 1.54) is 30.8 Å². The largest absolute Gasteiger partial charge is 0.395 e. The van der Waals surface area contributed by atoms with Crippen LogP contribution >= 0.6 is 11.3 Å². The number of hydrogen-bond donors (Lipinski definition) is 1. The van der Waals surface area contributed by atoms with Crippen LogP contribution in [-0.2, 0) is 6.54 Å². The number of aliphatic hydroxyl groups is 1. The molecule has 1 aromatic rings. The van der Waals surface area contributed by atoms with E-state index in [9.17, 15) is 0 Å². The van der Waals surface area contributed by atoms with Gasteiger partial charge in [0.15, 0.2) is 0 Å². The van der Waals surface area contributed by atoms with Crippen molar-refractivity contribution in [3.8, 4) is 11.8 Å².